The van der Waals surface area contributed by atoms with Gasteiger partial charge in [0.05, 0.1) is 42.3 Å². The van der Waals surface area contributed by atoms with Gasteiger partial charge in [0.25, 0.3) is 11.4 Å². The van der Waals surface area contributed by atoms with Gasteiger partial charge in [0, 0.05) is 43.1 Å². The van der Waals surface area contributed by atoms with Crippen molar-refractivity contribution in [1.82, 2.24) is 36.8 Å². The number of nitrogens with one attached hydrogen (secondary N) is 7. The molecule has 0 saturated carbocycles. The second kappa shape index (κ2) is 30.0. The van der Waals surface area contributed by atoms with Gasteiger partial charge >= 0.3 is 29.5 Å². The normalized spacial score (nSPS) is 15.0. The van der Waals surface area contributed by atoms with E-state index in [0.717, 1.165) is 29.2 Å². The van der Waals surface area contributed by atoms with E-state index in [1.807, 2.05) is 0 Å². The number of carbonyl (C=O) groups is 11. The van der Waals surface area contributed by atoms with Gasteiger partial charge in [-0.2, -0.15) is 0 Å². The monoisotopic (exact) mass is 1150 g/mol. The summed E-state index contributed by atoms with van der Waals surface area (Å²) in [6.45, 7) is 4.09. The van der Waals surface area contributed by atoms with Crippen molar-refractivity contribution in [3.05, 3.63) is 78.7 Å². The highest BCUT2D eigenvalue weighted by molar-refractivity contribution is 5.99. The lowest BCUT2D eigenvalue weighted by Crippen LogP contribution is -2.60. The molecular weight excluding hydrogens is 1090 g/mol. The molecule has 3 aromatic rings. The number of carboxylic acids is 4. The number of nitro groups is 2. The van der Waals surface area contributed by atoms with E-state index in [9.17, 15) is 98.2 Å². The Morgan fingerprint density at radius 2 is 1.35 bits per heavy atom. The third-order valence-corrected chi connectivity index (χ3v) is 12.8. The van der Waals surface area contributed by atoms with Crippen LogP contribution in [0.25, 0.3) is 11.0 Å². The number of carboxylic acid groups (broad SMARTS) is 4. The Balaban J connectivity index is 1.39. The number of ether oxygens (including phenoxy) is 1. The number of amides is 7. The molecule has 0 unspecified atom stereocenters. The molecule has 0 bridgehead atoms. The van der Waals surface area contributed by atoms with E-state index in [0.29, 0.717) is 11.1 Å². The molecule has 7 amide bonds. The summed E-state index contributed by atoms with van der Waals surface area (Å²) in [7, 11) is 1.37. The molecule has 1 saturated heterocycles. The number of nitrogens with zero attached hydrogens (tertiary/aromatic N) is 3. The number of anilines is 1. The van der Waals surface area contributed by atoms with Crippen molar-refractivity contribution >= 4 is 93.3 Å². The maximum absolute atomic E-state index is 13.8. The largest absolute Gasteiger partial charge is 0.497 e. The first-order valence-electron chi connectivity index (χ1n) is 25.4. The Morgan fingerprint density at radius 1 is 0.720 bits per heavy atom. The summed E-state index contributed by atoms with van der Waals surface area (Å²) in [5.74, 6) is -14.1. The van der Waals surface area contributed by atoms with Crippen LogP contribution in [0.4, 0.5) is 17.1 Å². The van der Waals surface area contributed by atoms with E-state index in [4.69, 9.17) is 9.15 Å². The summed E-state index contributed by atoms with van der Waals surface area (Å²) in [4.78, 5) is 177. The molecule has 7 atom stereocenters. The zero-order valence-electron chi connectivity index (χ0n) is 44.6. The maximum Gasteiger partial charge on any atom is 0.336 e. The van der Waals surface area contributed by atoms with Gasteiger partial charge in [0.2, 0.25) is 41.4 Å². The molecule has 1 aliphatic rings. The average molecular weight is 1160 g/mol. The first-order valence-corrected chi connectivity index (χ1v) is 25.4. The highest BCUT2D eigenvalue weighted by Gasteiger charge is 2.40. The molecule has 1 aromatic heterocycles. The summed E-state index contributed by atoms with van der Waals surface area (Å²) in [6.07, 6.45) is -3.48. The Morgan fingerprint density at radius 3 is 1.95 bits per heavy atom. The zero-order valence-corrected chi connectivity index (χ0v) is 44.6. The Kier molecular flexibility index (Phi) is 23.7. The number of rotatable bonds is 32. The molecule has 0 radical (unpaired) electrons. The van der Waals surface area contributed by atoms with Gasteiger partial charge in [0.15, 0.2) is 0 Å². The van der Waals surface area contributed by atoms with Crippen molar-refractivity contribution in [1.29, 1.82) is 0 Å². The Bertz CT molecular complexity index is 3020. The van der Waals surface area contributed by atoms with Gasteiger partial charge in [-0.25, -0.2) is 9.59 Å². The first kappa shape index (κ1) is 64.7. The number of hydrogen-bond acceptors (Lipinski definition) is 19. The molecular formula is C50H62N10O22. The summed E-state index contributed by atoms with van der Waals surface area (Å²) < 4.78 is 10.3. The second-order valence-corrected chi connectivity index (χ2v) is 19.2. The Hall–Kier alpha value is -9.78. The van der Waals surface area contributed by atoms with Crippen LogP contribution in [0.2, 0.25) is 0 Å². The van der Waals surface area contributed by atoms with Crippen molar-refractivity contribution in [2.24, 2.45) is 5.92 Å². The minimum atomic E-state index is -1.93. The smallest absolute Gasteiger partial charge is 0.336 e. The minimum absolute atomic E-state index is 0.0113. The number of likely N-dealkylation sites (tertiary alicyclic amines) is 1. The fraction of sp³-hybridized carbons (Fsp3) is 0.480. The summed E-state index contributed by atoms with van der Waals surface area (Å²) in [5, 5.41) is 78.0. The van der Waals surface area contributed by atoms with Crippen LogP contribution in [-0.4, -0.2) is 163 Å². The van der Waals surface area contributed by atoms with E-state index in [2.05, 4.69) is 37.2 Å². The Labute approximate surface area is 464 Å². The highest BCUT2D eigenvalue weighted by atomic mass is 16.6. The van der Waals surface area contributed by atoms with Crippen LogP contribution in [-0.2, 0) is 59.2 Å². The lowest BCUT2D eigenvalue weighted by atomic mass is 10.0. The molecule has 0 aliphatic carbocycles. The number of carbonyl (C=O) groups excluding carboxylic acids is 7. The molecule has 2 heterocycles. The maximum atomic E-state index is 13.8. The molecule has 1 aliphatic heterocycles. The van der Waals surface area contributed by atoms with Crippen LogP contribution in [0.1, 0.15) is 84.1 Å². The lowest BCUT2D eigenvalue weighted by molar-refractivity contribution is -0.393. The predicted molar refractivity (Wildman–Crippen MR) is 281 cm³/mol. The number of unbranched alkanes of at least 4 members (excludes halogenated alkanes) is 1. The molecule has 2 aromatic carbocycles. The molecule has 11 N–H and O–H groups in total. The van der Waals surface area contributed by atoms with Gasteiger partial charge in [-0.3, -0.25) is 68.2 Å². The highest BCUT2D eigenvalue weighted by Crippen LogP contribution is 2.29. The van der Waals surface area contributed by atoms with Crippen molar-refractivity contribution in [3.8, 4) is 5.75 Å². The summed E-state index contributed by atoms with van der Waals surface area (Å²) >= 11 is 0. The SMILES string of the molecule is COc1ccc2c(CC(=O)N[C@@H](CC(=O)O)C(=O)N[C@@H](CCC(=O)O)C(=O)N[C@H](C(=O)N[C@@H](CC(=O)O)C(=O)N[C@@H](C)C(=O)N3CCC[C@H]3C(=O)N[C@@H](CCCCNc3ccc([N+](=O)[O-])cc3[N+](=O)[O-])C(=O)O)C(C)C)cc(=O)oc2c1. The summed E-state index contributed by atoms with van der Waals surface area (Å²) in [6, 6.07) is -3.02. The number of nitro benzene ring substituents is 2. The fourth-order valence-electron chi connectivity index (χ4n) is 8.61. The van der Waals surface area contributed by atoms with Crippen molar-refractivity contribution in [2.45, 2.75) is 127 Å². The molecule has 32 nitrogen and oxygen atoms in total. The van der Waals surface area contributed by atoms with Gasteiger partial charge < -0.3 is 71.7 Å². The number of benzene rings is 2. The summed E-state index contributed by atoms with van der Waals surface area (Å²) in [5.41, 5.74) is -1.73. The fourth-order valence-corrected chi connectivity index (χ4v) is 8.61. The van der Waals surface area contributed by atoms with Crippen LogP contribution in [0.3, 0.4) is 0 Å². The number of non-ortho nitro benzene ring substituents is 1. The van der Waals surface area contributed by atoms with Crippen molar-refractivity contribution in [2.75, 3.05) is 25.5 Å². The standard InChI is InChI=1S/C50H62N10O22/c1-24(2)43(57-44(69)31(14-15-39(62)63)54-46(71)33(22-40(64)65)53-38(61)18-26-19-42(68)82-37-21-28(81-4)11-12-29(26)37)48(73)56-34(23-41(66)67)45(70)52-25(3)49(74)58-17-7-9-35(58)47(72)55-32(50(75)76)8-5-6-16-51-30-13-10-27(59(77)78)20-36(30)60(79)80/h10-13,19-21,24-25,31-35,43,51H,5-9,14-18,22-23H2,1-4H3,(H,52,70)(H,53,61)(H,54,71)(H,55,72)(H,56,73)(H,57,69)(H,62,63)(H,64,65)(H,66,67)(H,75,76)/t25-,31-,32-,33-,34-,35-,43-/m0/s1. The topological polar surface area (TPSA) is 482 Å². The van der Waals surface area contributed by atoms with E-state index in [1.54, 1.807) is 0 Å². The van der Waals surface area contributed by atoms with E-state index >= 15 is 0 Å². The van der Waals surface area contributed by atoms with Crippen LogP contribution >= 0.6 is 0 Å². The van der Waals surface area contributed by atoms with Crippen molar-refractivity contribution < 1.29 is 92.2 Å². The second-order valence-electron chi connectivity index (χ2n) is 19.2. The molecule has 4 rings (SSSR count). The van der Waals surface area contributed by atoms with Gasteiger partial charge in [0.1, 0.15) is 59.3 Å². The molecule has 0 spiro atoms. The van der Waals surface area contributed by atoms with Crippen LogP contribution in [0, 0.1) is 26.1 Å². The number of methoxy groups -OCH3 is 1. The van der Waals surface area contributed by atoms with Crippen LogP contribution in [0.5, 0.6) is 5.75 Å². The third-order valence-electron chi connectivity index (χ3n) is 12.8. The van der Waals surface area contributed by atoms with E-state index in [-0.39, 0.29) is 62.0 Å². The molecule has 82 heavy (non-hydrogen) atoms. The number of hydrogen-bond donors (Lipinski definition) is 11. The third kappa shape index (κ3) is 19.0. The zero-order chi connectivity index (χ0) is 61.1. The molecule has 444 valence electrons. The van der Waals surface area contributed by atoms with Gasteiger partial charge in [-0.1, -0.05) is 13.8 Å². The molecule has 32 heteroatoms. The van der Waals surface area contributed by atoms with Crippen LogP contribution in [0.15, 0.2) is 51.7 Å². The van der Waals surface area contributed by atoms with Crippen molar-refractivity contribution in [3.63, 3.8) is 0 Å². The van der Waals surface area contributed by atoms with Gasteiger partial charge in [-0.15, -0.1) is 0 Å². The predicted octanol–water partition coefficient (Wildman–Crippen LogP) is -0.0826. The van der Waals surface area contributed by atoms with E-state index in [1.165, 1.54) is 46.1 Å². The van der Waals surface area contributed by atoms with Crippen LogP contribution < -0.4 is 47.6 Å². The number of aliphatic carboxylic acids is 4. The average Bonchev–Trinajstić information content (AvgIpc) is 4.03. The number of fused-ring (bicyclic) bond motifs is 1. The minimum Gasteiger partial charge on any atom is -0.497 e. The molecule has 1 fully saturated rings. The lowest BCUT2D eigenvalue weighted by Gasteiger charge is -2.29. The van der Waals surface area contributed by atoms with Gasteiger partial charge in [-0.05, 0) is 75.1 Å². The van der Waals surface area contributed by atoms with E-state index < -0.39 is 172 Å². The quantitative estimate of drug-likeness (QED) is 0.0168. The first-order chi connectivity index (χ1) is 38.6.